The van der Waals surface area contributed by atoms with Gasteiger partial charge in [0.25, 0.3) is 0 Å². The molecule has 2 nitrogen and oxygen atoms in total. The number of hydrogen-bond acceptors (Lipinski definition) is 2. The predicted molar refractivity (Wildman–Crippen MR) is 74.0 cm³/mol. The van der Waals surface area contributed by atoms with E-state index in [0.717, 1.165) is 30.8 Å². The number of nitrogens with zero attached hydrogens (tertiary/aromatic N) is 1. The maximum atomic E-state index is 3.70. The molecule has 3 unspecified atom stereocenters. The molecule has 98 valence electrons. The molecule has 3 atom stereocenters. The SMILES string of the molecule is CN(C)CC(C)(C)CNCC1CC2C=CC1C2. The minimum Gasteiger partial charge on any atom is -0.316 e. The maximum absolute atomic E-state index is 3.70. The fourth-order valence-corrected chi connectivity index (χ4v) is 3.64. The van der Waals surface area contributed by atoms with Crippen molar-refractivity contribution in [1.29, 1.82) is 0 Å². The van der Waals surface area contributed by atoms with E-state index in [0.29, 0.717) is 5.41 Å². The van der Waals surface area contributed by atoms with Crippen LogP contribution in [0.4, 0.5) is 0 Å². The summed E-state index contributed by atoms with van der Waals surface area (Å²) in [4.78, 5) is 2.28. The molecule has 17 heavy (non-hydrogen) atoms. The van der Waals surface area contributed by atoms with E-state index in [2.05, 4.69) is 50.3 Å². The second-order valence-corrected chi connectivity index (χ2v) is 7.07. The average molecular weight is 236 g/mol. The predicted octanol–water partition coefficient (Wildman–Crippen LogP) is 2.38. The van der Waals surface area contributed by atoms with Gasteiger partial charge in [0.15, 0.2) is 0 Å². The number of allylic oxidation sites excluding steroid dienone is 2. The molecular formula is C15H28N2. The molecule has 1 fully saturated rings. The first-order valence-electron chi connectivity index (χ1n) is 7.00. The van der Waals surface area contributed by atoms with Gasteiger partial charge in [0.05, 0.1) is 0 Å². The molecule has 2 heteroatoms. The molecule has 1 N–H and O–H groups in total. The van der Waals surface area contributed by atoms with Gasteiger partial charge in [0.2, 0.25) is 0 Å². The molecule has 0 aliphatic heterocycles. The van der Waals surface area contributed by atoms with Crippen molar-refractivity contribution < 1.29 is 0 Å². The summed E-state index contributed by atoms with van der Waals surface area (Å²) in [5.41, 5.74) is 0.372. The second-order valence-electron chi connectivity index (χ2n) is 7.07. The summed E-state index contributed by atoms with van der Waals surface area (Å²) < 4.78 is 0. The van der Waals surface area contributed by atoms with E-state index >= 15 is 0 Å². The van der Waals surface area contributed by atoms with Crippen LogP contribution in [0.25, 0.3) is 0 Å². The smallest absolute Gasteiger partial charge is 0.00387 e. The number of hydrogen-bond donors (Lipinski definition) is 1. The fraction of sp³-hybridized carbons (Fsp3) is 0.867. The number of rotatable bonds is 6. The normalized spacial score (nSPS) is 31.7. The van der Waals surface area contributed by atoms with Crippen LogP contribution >= 0.6 is 0 Å². The molecule has 0 spiro atoms. The molecule has 2 rings (SSSR count). The Morgan fingerprint density at radius 2 is 2.00 bits per heavy atom. The monoisotopic (exact) mass is 236 g/mol. The topological polar surface area (TPSA) is 15.3 Å². The van der Waals surface area contributed by atoms with Gasteiger partial charge in [-0.2, -0.15) is 0 Å². The second kappa shape index (κ2) is 5.11. The Bertz CT molecular complexity index is 281. The first-order chi connectivity index (χ1) is 7.96. The van der Waals surface area contributed by atoms with E-state index in [9.17, 15) is 0 Å². The highest BCUT2D eigenvalue weighted by Gasteiger charge is 2.35. The van der Waals surface area contributed by atoms with Crippen molar-refractivity contribution in [2.24, 2.45) is 23.2 Å². The van der Waals surface area contributed by atoms with E-state index in [4.69, 9.17) is 0 Å². The molecule has 0 saturated heterocycles. The molecule has 0 aromatic carbocycles. The van der Waals surface area contributed by atoms with Crippen LogP contribution in [-0.4, -0.2) is 38.6 Å². The summed E-state index contributed by atoms with van der Waals surface area (Å²) in [5.74, 6) is 2.69. The maximum Gasteiger partial charge on any atom is 0.00387 e. The van der Waals surface area contributed by atoms with Crippen molar-refractivity contribution in [1.82, 2.24) is 10.2 Å². The lowest BCUT2D eigenvalue weighted by molar-refractivity contribution is 0.227. The van der Waals surface area contributed by atoms with Gasteiger partial charge in [0.1, 0.15) is 0 Å². The van der Waals surface area contributed by atoms with Gasteiger partial charge in [-0.3, -0.25) is 0 Å². The lowest BCUT2D eigenvalue weighted by Crippen LogP contribution is -2.39. The highest BCUT2D eigenvalue weighted by molar-refractivity contribution is 5.10. The van der Waals surface area contributed by atoms with Crippen molar-refractivity contribution in [3.05, 3.63) is 12.2 Å². The van der Waals surface area contributed by atoms with Crippen LogP contribution in [0.5, 0.6) is 0 Å². The first-order valence-corrected chi connectivity index (χ1v) is 7.00. The zero-order valence-corrected chi connectivity index (χ0v) is 11.9. The van der Waals surface area contributed by atoms with E-state index in [1.54, 1.807) is 0 Å². The summed E-state index contributed by atoms with van der Waals surface area (Å²) in [6, 6.07) is 0. The zero-order chi connectivity index (χ0) is 12.5. The summed E-state index contributed by atoms with van der Waals surface area (Å²) in [7, 11) is 4.31. The molecule has 0 heterocycles. The minimum absolute atomic E-state index is 0.372. The van der Waals surface area contributed by atoms with E-state index in [1.165, 1.54) is 19.4 Å². The van der Waals surface area contributed by atoms with Crippen molar-refractivity contribution in [2.75, 3.05) is 33.7 Å². The standard InChI is InChI=1S/C15H28N2/c1-15(2,11-17(3)4)10-16-9-14-8-12-5-6-13(14)7-12/h5-6,12-14,16H,7-11H2,1-4H3. The number of fused-ring (bicyclic) bond motifs is 2. The van der Waals surface area contributed by atoms with Gasteiger partial charge in [0, 0.05) is 13.1 Å². The minimum atomic E-state index is 0.372. The van der Waals surface area contributed by atoms with Gasteiger partial charge in [-0.15, -0.1) is 0 Å². The lowest BCUT2D eigenvalue weighted by Gasteiger charge is -2.29. The summed E-state index contributed by atoms with van der Waals surface area (Å²) in [5, 5.41) is 3.70. The molecule has 2 bridgehead atoms. The highest BCUT2D eigenvalue weighted by Crippen LogP contribution is 2.42. The first kappa shape index (κ1) is 13.1. The quantitative estimate of drug-likeness (QED) is 0.712. The molecule has 0 aromatic rings. The molecule has 0 radical (unpaired) electrons. The fourth-order valence-electron chi connectivity index (χ4n) is 3.64. The third-order valence-electron chi connectivity index (χ3n) is 4.17. The van der Waals surface area contributed by atoms with Gasteiger partial charge >= 0.3 is 0 Å². The largest absolute Gasteiger partial charge is 0.316 e. The Balaban J connectivity index is 1.67. The zero-order valence-electron chi connectivity index (χ0n) is 11.9. The molecule has 0 amide bonds. The van der Waals surface area contributed by atoms with Crippen LogP contribution in [-0.2, 0) is 0 Å². The highest BCUT2D eigenvalue weighted by atomic mass is 15.1. The van der Waals surface area contributed by atoms with E-state index in [1.807, 2.05) is 0 Å². The van der Waals surface area contributed by atoms with Crippen LogP contribution in [0.15, 0.2) is 12.2 Å². The van der Waals surface area contributed by atoms with Crippen LogP contribution in [0.3, 0.4) is 0 Å². The third kappa shape index (κ3) is 3.56. The Morgan fingerprint density at radius 3 is 2.53 bits per heavy atom. The molecule has 1 saturated carbocycles. The third-order valence-corrected chi connectivity index (χ3v) is 4.17. The van der Waals surface area contributed by atoms with E-state index < -0.39 is 0 Å². The van der Waals surface area contributed by atoms with Crippen molar-refractivity contribution in [3.63, 3.8) is 0 Å². The molecule has 2 aliphatic carbocycles. The van der Waals surface area contributed by atoms with E-state index in [-0.39, 0.29) is 0 Å². The van der Waals surface area contributed by atoms with Gasteiger partial charge in [-0.05, 0) is 56.7 Å². The summed E-state index contributed by atoms with van der Waals surface area (Å²) >= 11 is 0. The van der Waals surface area contributed by atoms with Gasteiger partial charge in [-0.1, -0.05) is 26.0 Å². The van der Waals surface area contributed by atoms with Gasteiger partial charge < -0.3 is 10.2 Å². The summed E-state index contributed by atoms with van der Waals surface area (Å²) in [6.07, 6.45) is 7.72. The lowest BCUT2D eigenvalue weighted by atomic mass is 9.91. The number of nitrogens with one attached hydrogen (secondary N) is 1. The van der Waals surface area contributed by atoms with Crippen molar-refractivity contribution in [2.45, 2.75) is 26.7 Å². The van der Waals surface area contributed by atoms with Crippen molar-refractivity contribution in [3.8, 4) is 0 Å². The Hall–Kier alpha value is -0.340. The molecule has 0 aromatic heterocycles. The van der Waals surface area contributed by atoms with Crippen LogP contribution < -0.4 is 5.32 Å². The van der Waals surface area contributed by atoms with Gasteiger partial charge in [-0.25, -0.2) is 0 Å². The molecular weight excluding hydrogens is 208 g/mol. The van der Waals surface area contributed by atoms with Crippen LogP contribution in [0.2, 0.25) is 0 Å². The van der Waals surface area contributed by atoms with Crippen LogP contribution in [0, 0.1) is 23.2 Å². The molecule has 2 aliphatic rings. The summed E-state index contributed by atoms with van der Waals surface area (Å²) in [6.45, 7) is 8.18. The Morgan fingerprint density at radius 1 is 1.24 bits per heavy atom. The Kier molecular flexibility index (Phi) is 3.94. The Labute approximate surface area is 106 Å². The van der Waals surface area contributed by atoms with Crippen molar-refractivity contribution >= 4 is 0 Å². The average Bonchev–Trinajstić information content (AvgIpc) is 2.76. The van der Waals surface area contributed by atoms with Crippen LogP contribution in [0.1, 0.15) is 26.7 Å².